The molecule has 1 aromatic carbocycles. The number of halogens is 1. The van der Waals surface area contributed by atoms with Crippen LogP contribution in [0.15, 0.2) is 35.3 Å². The van der Waals surface area contributed by atoms with Gasteiger partial charge in [0.1, 0.15) is 30.8 Å². The molecule has 2 aromatic rings. The molecule has 0 saturated carbocycles. The summed E-state index contributed by atoms with van der Waals surface area (Å²) in [5.74, 6) is -6.01. The molecule has 0 bridgehead atoms. The van der Waals surface area contributed by atoms with Crippen molar-refractivity contribution in [2.24, 2.45) is 5.73 Å². The third-order valence-electron chi connectivity index (χ3n) is 9.88. The molecule has 3 rings (SSSR count). The van der Waals surface area contributed by atoms with Gasteiger partial charge in [-0.2, -0.15) is 4.98 Å². The average molecular weight is 936 g/mol. The maximum Gasteiger partial charge on any atom is 0.509 e. The molecule has 24 nitrogen and oxygen atoms in total. The van der Waals surface area contributed by atoms with Crippen molar-refractivity contribution >= 4 is 59.2 Å². The Morgan fingerprint density at radius 1 is 0.864 bits per heavy atom. The smallest absolute Gasteiger partial charge is 0.449 e. The summed E-state index contributed by atoms with van der Waals surface area (Å²) in [4.78, 5) is 115. The highest BCUT2D eigenvalue weighted by molar-refractivity contribution is 6.00. The third kappa shape index (κ3) is 17.7. The number of nitrogens with zero attached hydrogens (tertiary/aromatic N) is 2. The van der Waals surface area contributed by atoms with Crippen molar-refractivity contribution in [1.82, 2.24) is 31.0 Å². The van der Waals surface area contributed by atoms with E-state index in [0.29, 0.717) is 48.4 Å². The second kappa shape index (κ2) is 26.9. The van der Waals surface area contributed by atoms with Gasteiger partial charge in [-0.25, -0.2) is 24.3 Å². The van der Waals surface area contributed by atoms with Crippen LogP contribution in [-0.2, 0) is 54.3 Å². The fourth-order valence-electron chi connectivity index (χ4n) is 6.25. The summed E-state index contributed by atoms with van der Waals surface area (Å²) >= 11 is 0. The molecule has 66 heavy (non-hydrogen) atoms. The summed E-state index contributed by atoms with van der Waals surface area (Å²) in [7, 11) is 0. The van der Waals surface area contributed by atoms with Crippen LogP contribution in [0.3, 0.4) is 0 Å². The van der Waals surface area contributed by atoms with E-state index in [2.05, 4.69) is 31.6 Å². The molecule has 0 radical (unpaired) electrons. The van der Waals surface area contributed by atoms with Gasteiger partial charge in [-0.15, -0.1) is 0 Å². The van der Waals surface area contributed by atoms with E-state index in [0.717, 1.165) is 12.8 Å². The molecule has 0 aliphatic carbocycles. The maximum atomic E-state index is 14.8. The van der Waals surface area contributed by atoms with E-state index >= 15 is 0 Å². The number of unbranched alkanes of at least 4 members (excludes halogenated alkanes) is 5. The van der Waals surface area contributed by atoms with Crippen LogP contribution >= 0.6 is 0 Å². The Morgan fingerprint density at radius 3 is 2.14 bits per heavy atom. The molecule has 1 saturated heterocycles. The first-order chi connectivity index (χ1) is 31.3. The van der Waals surface area contributed by atoms with Gasteiger partial charge < -0.3 is 51.1 Å². The molecule has 364 valence electrons. The first-order valence-corrected chi connectivity index (χ1v) is 21.2. The number of hydrogen-bond acceptors (Lipinski definition) is 16. The van der Waals surface area contributed by atoms with Crippen LogP contribution in [0.25, 0.3) is 0 Å². The van der Waals surface area contributed by atoms with E-state index in [1.165, 1.54) is 45.0 Å². The van der Waals surface area contributed by atoms with E-state index in [1.807, 2.05) is 6.92 Å². The number of nitrogens with one attached hydrogen (secondary N) is 6. The lowest BCUT2D eigenvalue weighted by Crippen LogP contribution is -2.55. The average Bonchev–Trinajstić information content (AvgIpc) is 3.54. The van der Waals surface area contributed by atoms with Gasteiger partial charge >= 0.3 is 17.9 Å². The number of amides is 7. The Kier molecular flexibility index (Phi) is 21.9. The molecule has 2 heterocycles. The lowest BCUT2D eigenvalue weighted by molar-refractivity contribution is -0.133. The SMILES string of the molecule is CCCCCOC(=O)Nc1nc(=O)n([C@@H]2O[C@H](C)[C@@H](OC(=O)OCc3ccc(NC(=O)[C@H](CC(N)=O)NC(=O)[C@H](C)NC(=O)[C@H](C)NC(=O)CCCCCCC(=O)NO)cc3)[C@H]2O)cc1F. The van der Waals surface area contributed by atoms with Gasteiger partial charge in [0.05, 0.1) is 25.3 Å². The minimum atomic E-state index is -1.68. The largest absolute Gasteiger partial charge is 0.509 e. The van der Waals surface area contributed by atoms with Crippen molar-refractivity contribution < 1.29 is 72.0 Å². The standard InChI is InChI=1S/C41H58FN9O15/c1-5-6-11-18-63-40(60)49-34-27(42)20-51(39(59)48-34)38-32(55)33(24(4)65-38)66-41(61)64-21-25-14-16-26(17-15-25)46-37(58)28(19-29(43)52)47-36(57)23(3)45-35(56)22(2)44-30(53)12-9-7-8-10-13-31(54)50-62/h14-17,20,22-24,28,32-33,38,55,62H,5-13,18-19,21H2,1-4H3,(H2,43,52)(H,44,53)(H,45,56)(H,46,58)(H,47,57)(H,50,54)(H,48,49,59,60)/t22-,23-,24+,28-,32+,33+,38+/m0/s1. The zero-order chi connectivity index (χ0) is 48.9. The normalized spacial score (nSPS) is 17.8. The van der Waals surface area contributed by atoms with Gasteiger partial charge in [0, 0.05) is 18.5 Å². The highest BCUT2D eigenvalue weighted by Crippen LogP contribution is 2.31. The topological polar surface area (TPSA) is 347 Å². The summed E-state index contributed by atoms with van der Waals surface area (Å²) < 4.78 is 36.4. The minimum absolute atomic E-state index is 0.0851. The van der Waals surface area contributed by atoms with Crippen LogP contribution in [0.1, 0.15) is 104 Å². The van der Waals surface area contributed by atoms with Crippen LogP contribution in [-0.4, -0.2) is 111 Å². The molecule has 7 amide bonds. The van der Waals surface area contributed by atoms with Crippen LogP contribution < -0.4 is 43.5 Å². The number of carbonyl (C=O) groups is 8. The van der Waals surface area contributed by atoms with Crippen molar-refractivity contribution in [2.75, 3.05) is 17.2 Å². The Labute approximate surface area is 378 Å². The van der Waals surface area contributed by atoms with Crippen LogP contribution in [0, 0.1) is 5.82 Å². The highest BCUT2D eigenvalue weighted by Gasteiger charge is 2.46. The first-order valence-electron chi connectivity index (χ1n) is 21.2. The van der Waals surface area contributed by atoms with Crippen LogP contribution in [0.5, 0.6) is 0 Å². The molecule has 25 heteroatoms. The number of anilines is 2. The Hall–Kier alpha value is -6.73. The Balaban J connectivity index is 1.47. The molecule has 0 unspecified atom stereocenters. The molecular weight excluding hydrogens is 877 g/mol. The number of primary amides is 1. The summed E-state index contributed by atoms with van der Waals surface area (Å²) in [6.45, 7) is 5.87. The van der Waals surface area contributed by atoms with Gasteiger partial charge in [0.15, 0.2) is 24.0 Å². The van der Waals surface area contributed by atoms with E-state index in [9.17, 15) is 52.6 Å². The number of benzene rings is 1. The Morgan fingerprint density at radius 2 is 1.50 bits per heavy atom. The molecule has 0 spiro atoms. The Bertz CT molecular complexity index is 2070. The monoisotopic (exact) mass is 935 g/mol. The predicted octanol–water partition coefficient (Wildman–Crippen LogP) is 1.28. The third-order valence-corrected chi connectivity index (χ3v) is 9.88. The zero-order valence-corrected chi connectivity index (χ0v) is 37.0. The molecular formula is C41H58FN9O15. The van der Waals surface area contributed by atoms with E-state index in [1.54, 1.807) is 5.48 Å². The second-order valence-corrected chi connectivity index (χ2v) is 15.3. The van der Waals surface area contributed by atoms with Gasteiger partial charge in [-0.1, -0.05) is 44.7 Å². The number of nitrogens with two attached hydrogens (primary N) is 1. The summed E-state index contributed by atoms with van der Waals surface area (Å²) in [5, 5.41) is 31.3. The van der Waals surface area contributed by atoms with Crippen molar-refractivity contribution in [3.63, 3.8) is 0 Å². The second-order valence-electron chi connectivity index (χ2n) is 15.3. The van der Waals surface area contributed by atoms with Crippen molar-refractivity contribution in [1.29, 1.82) is 0 Å². The quantitative estimate of drug-likeness (QED) is 0.0293. The highest BCUT2D eigenvalue weighted by atomic mass is 19.1. The van der Waals surface area contributed by atoms with E-state index < -0.39 is 114 Å². The number of aliphatic hydroxyl groups excluding tert-OH is 1. The van der Waals surface area contributed by atoms with Crippen molar-refractivity contribution in [3.8, 4) is 0 Å². The lowest BCUT2D eigenvalue weighted by Gasteiger charge is -2.22. The zero-order valence-electron chi connectivity index (χ0n) is 37.0. The number of hydroxylamine groups is 1. The van der Waals surface area contributed by atoms with Gasteiger partial charge in [-0.05, 0) is 57.7 Å². The van der Waals surface area contributed by atoms with Crippen molar-refractivity contribution in [2.45, 2.75) is 141 Å². The fraction of sp³-hybridized carbons (Fsp3) is 0.561. The van der Waals surface area contributed by atoms with Crippen molar-refractivity contribution in [3.05, 3.63) is 52.3 Å². The lowest BCUT2D eigenvalue weighted by atomic mass is 10.1. The molecule has 1 fully saturated rings. The van der Waals surface area contributed by atoms with E-state index in [-0.39, 0.29) is 31.7 Å². The number of carbonyl (C=O) groups excluding carboxylic acids is 8. The molecule has 7 atom stereocenters. The maximum absolute atomic E-state index is 14.8. The van der Waals surface area contributed by atoms with Gasteiger partial charge in [0.25, 0.3) is 0 Å². The predicted molar refractivity (Wildman–Crippen MR) is 227 cm³/mol. The van der Waals surface area contributed by atoms with Gasteiger partial charge in [-0.3, -0.25) is 43.9 Å². The molecule has 1 aliphatic rings. The summed E-state index contributed by atoms with van der Waals surface area (Å²) in [6, 6.07) is 2.10. The molecule has 1 aromatic heterocycles. The first kappa shape index (κ1) is 53.6. The fourth-order valence-corrected chi connectivity index (χ4v) is 6.25. The summed E-state index contributed by atoms with van der Waals surface area (Å²) in [6.07, 6.45) is -2.85. The van der Waals surface area contributed by atoms with Crippen LogP contribution in [0.4, 0.5) is 25.5 Å². The molecule has 1 aliphatic heterocycles. The minimum Gasteiger partial charge on any atom is -0.449 e. The number of hydrogen-bond donors (Lipinski definition) is 9. The van der Waals surface area contributed by atoms with E-state index in [4.69, 9.17) is 29.9 Å². The number of ether oxygens (including phenoxy) is 4. The number of rotatable bonds is 25. The number of aromatic nitrogens is 2. The molecule has 10 N–H and O–H groups in total. The van der Waals surface area contributed by atoms with Crippen LogP contribution in [0.2, 0.25) is 0 Å². The number of aliphatic hydroxyl groups is 1. The van der Waals surface area contributed by atoms with Gasteiger partial charge in [0.2, 0.25) is 35.4 Å². The summed E-state index contributed by atoms with van der Waals surface area (Å²) in [5.41, 5.74) is 6.38.